The van der Waals surface area contributed by atoms with Gasteiger partial charge in [0.05, 0.1) is 12.8 Å². The van der Waals surface area contributed by atoms with Crippen molar-refractivity contribution in [2.75, 3.05) is 0 Å². The molecule has 1 atom stereocenters. The highest BCUT2D eigenvalue weighted by Crippen LogP contribution is 2.06. The van der Waals surface area contributed by atoms with Crippen molar-refractivity contribution in [2.45, 2.75) is 26.4 Å². The number of hydrogen-bond donors (Lipinski definition) is 2. The fraction of sp³-hybridized carbons (Fsp3) is 0.312. The van der Waals surface area contributed by atoms with Crippen LogP contribution >= 0.6 is 0 Å². The van der Waals surface area contributed by atoms with Gasteiger partial charge in [-0.25, -0.2) is 0 Å². The second-order valence-corrected chi connectivity index (χ2v) is 5.23. The van der Waals surface area contributed by atoms with Gasteiger partial charge in [0.2, 0.25) is 5.91 Å². The molecule has 0 saturated heterocycles. The Kier molecular flexibility index (Phi) is 5.30. The van der Waals surface area contributed by atoms with Crippen LogP contribution in [-0.2, 0) is 11.3 Å². The van der Waals surface area contributed by atoms with E-state index in [1.54, 1.807) is 30.5 Å². The molecule has 0 aliphatic carbocycles. The quantitative estimate of drug-likeness (QED) is 0.851. The zero-order chi connectivity index (χ0) is 15.9. The standard InChI is InChI=1S/C16H19N3O3/c1-11(2)14(16(21)18-10-13-4-3-9-22-13)19-15(20)12-5-7-17-8-6-12/h3-9,11,14H,10H2,1-2H3,(H,18,21)(H,19,20)/t14-/m1/s1. The average molecular weight is 301 g/mol. The van der Waals surface area contributed by atoms with Crippen LogP contribution in [0.3, 0.4) is 0 Å². The van der Waals surface area contributed by atoms with Gasteiger partial charge in [0, 0.05) is 18.0 Å². The van der Waals surface area contributed by atoms with Crippen LogP contribution in [0.1, 0.15) is 30.0 Å². The van der Waals surface area contributed by atoms with E-state index in [4.69, 9.17) is 4.42 Å². The normalized spacial score (nSPS) is 12.0. The molecular formula is C16H19N3O3. The van der Waals surface area contributed by atoms with Gasteiger partial charge in [-0.3, -0.25) is 14.6 Å². The number of carbonyl (C=O) groups excluding carboxylic acids is 2. The first-order chi connectivity index (χ1) is 10.6. The molecule has 2 amide bonds. The van der Waals surface area contributed by atoms with Crippen molar-refractivity contribution in [2.24, 2.45) is 5.92 Å². The molecule has 2 heterocycles. The summed E-state index contributed by atoms with van der Waals surface area (Å²) in [5.74, 6) is 0.0850. The molecule has 0 fully saturated rings. The smallest absolute Gasteiger partial charge is 0.252 e. The number of nitrogens with one attached hydrogen (secondary N) is 2. The third-order valence-electron chi connectivity index (χ3n) is 3.20. The highest BCUT2D eigenvalue weighted by atomic mass is 16.3. The first-order valence-electron chi connectivity index (χ1n) is 7.09. The third kappa shape index (κ3) is 4.18. The zero-order valence-electron chi connectivity index (χ0n) is 12.6. The summed E-state index contributed by atoms with van der Waals surface area (Å²) in [6, 6.07) is 6.13. The lowest BCUT2D eigenvalue weighted by Crippen LogP contribution is -2.49. The topological polar surface area (TPSA) is 84.2 Å². The highest BCUT2D eigenvalue weighted by molar-refractivity contribution is 5.97. The second-order valence-electron chi connectivity index (χ2n) is 5.23. The third-order valence-corrected chi connectivity index (χ3v) is 3.20. The number of aromatic nitrogens is 1. The molecule has 0 saturated carbocycles. The summed E-state index contributed by atoms with van der Waals surface area (Å²) < 4.78 is 5.17. The molecule has 6 heteroatoms. The van der Waals surface area contributed by atoms with E-state index in [1.165, 1.54) is 12.4 Å². The molecule has 0 unspecified atom stereocenters. The van der Waals surface area contributed by atoms with E-state index >= 15 is 0 Å². The molecule has 2 N–H and O–H groups in total. The van der Waals surface area contributed by atoms with Gasteiger partial charge < -0.3 is 15.1 Å². The van der Waals surface area contributed by atoms with Crippen molar-refractivity contribution >= 4 is 11.8 Å². The molecule has 2 rings (SSSR count). The lowest BCUT2D eigenvalue weighted by atomic mass is 10.0. The predicted octanol–water partition coefficient (Wildman–Crippen LogP) is 1.75. The first-order valence-corrected chi connectivity index (χ1v) is 7.09. The van der Waals surface area contributed by atoms with Crippen molar-refractivity contribution < 1.29 is 14.0 Å². The van der Waals surface area contributed by atoms with Crippen molar-refractivity contribution in [3.8, 4) is 0 Å². The van der Waals surface area contributed by atoms with Gasteiger partial charge in [-0.2, -0.15) is 0 Å². The predicted molar refractivity (Wildman–Crippen MR) is 80.9 cm³/mol. The summed E-state index contributed by atoms with van der Waals surface area (Å²) >= 11 is 0. The molecule has 22 heavy (non-hydrogen) atoms. The summed E-state index contributed by atoms with van der Waals surface area (Å²) in [4.78, 5) is 28.3. The Hall–Kier alpha value is -2.63. The minimum absolute atomic E-state index is 0.0395. The Bertz CT molecular complexity index is 609. The molecule has 2 aromatic rings. The fourth-order valence-electron chi connectivity index (χ4n) is 1.96. The van der Waals surface area contributed by atoms with Crippen molar-refractivity contribution in [1.29, 1.82) is 0 Å². The Morgan fingerprint density at radius 1 is 1.23 bits per heavy atom. The summed E-state index contributed by atoms with van der Waals surface area (Å²) in [6.45, 7) is 4.05. The summed E-state index contributed by atoms with van der Waals surface area (Å²) in [6.07, 6.45) is 4.62. The minimum Gasteiger partial charge on any atom is -0.467 e. The van der Waals surface area contributed by atoms with Gasteiger partial charge in [-0.15, -0.1) is 0 Å². The van der Waals surface area contributed by atoms with Crippen molar-refractivity contribution in [3.63, 3.8) is 0 Å². The number of pyridine rings is 1. The molecule has 2 aromatic heterocycles. The largest absolute Gasteiger partial charge is 0.467 e. The maximum absolute atomic E-state index is 12.3. The van der Waals surface area contributed by atoms with Crippen LogP contribution in [0.15, 0.2) is 47.3 Å². The lowest BCUT2D eigenvalue weighted by Gasteiger charge is -2.21. The molecule has 116 valence electrons. The fourth-order valence-corrected chi connectivity index (χ4v) is 1.96. The van der Waals surface area contributed by atoms with E-state index in [0.29, 0.717) is 17.9 Å². The van der Waals surface area contributed by atoms with Crippen LogP contribution in [0.25, 0.3) is 0 Å². The summed E-state index contributed by atoms with van der Waals surface area (Å²) in [5.41, 5.74) is 0.472. The summed E-state index contributed by atoms with van der Waals surface area (Å²) in [5, 5.41) is 5.52. The molecule has 0 spiro atoms. The highest BCUT2D eigenvalue weighted by Gasteiger charge is 2.24. The van der Waals surface area contributed by atoms with Gasteiger partial charge in [0.15, 0.2) is 0 Å². The van der Waals surface area contributed by atoms with Crippen LogP contribution in [0.5, 0.6) is 0 Å². The average Bonchev–Trinajstić information content (AvgIpc) is 3.04. The van der Waals surface area contributed by atoms with Crippen molar-refractivity contribution in [3.05, 3.63) is 54.2 Å². The second kappa shape index (κ2) is 7.40. The number of amides is 2. The van der Waals surface area contributed by atoms with Crippen LogP contribution in [0.4, 0.5) is 0 Å². The van der Waals surface area contributed by atoms with E-state index in [2.05, 4.69) is 15.6 Å². The molecule has 0 aliphatic heterocycles. The van der Waals surface area contributed by atoms with Gasteiger partial charge >= 0.3 is 0 Å². The van der Waals surface area contributed by atoms with Crippen molar-refractivity contribution in [1.82, 2.24) is 15.6 Å². The van der Waals surface area contributed by atoms with Gasteiger partial charge in [-0.1, -0.05) is 13.8 Å². The molecule has 0 radical (unpaired) electrons. The van der Waals surface area contributed by atoms with Crippen LogP contribution in [-0.4, -0.2) is 22.8 Å². The number of hydrogen-bond acceptors (Lipinski definition) is 4. The minimum atomic E-state index is -0.615. The molecule has 0 aromatic carbocycles. The number of nitrogens with zero attached hydrogens (tertiary/aromatic N) is 1. The van der Waals surface area contributed by atoms with Gasteiger partial charge in [0.25, 0.3) is 5.91 Å². The Balaban J connectivity index is 1.97. The molecular weight excluding hydrogens is 282 g/mol. The van der Waals surface area contributed by atoms with Gasteiger partial charge in [0.1, 0.15) is 11.8 Å². The number of furan rings is 1. The maximum atomic E-state index is 12.3. The first kappa shape index (κ1) is 15.8. The molecule has 6 nitrogen and oxygen atoms in total. The Labute approximate surface area is 128 Å². The van der Waals surface area contributed by atoms with Crippen LogP contribution in [0.2, 0.25) is 0 Å². The van der Waals surface area contributed by atoms with Crippen LogP contribution in [0, 0.1) is 5.92 Å². The Morgan fingerprint density at radius 2 is 1.95 bits per heavy atom. The van der Waals surface area contributed by atoms with Gasteiger partial charge in [-0.05, 0) is 30.2 Å². The number of carbonyl (C=O) groups is 2. The van der Waals surface area contributed by atoms with E-state index in [0.717, 1.165) is 0 Å². The molecule has 0 bridgehead atoms. The SMILES string of the molecule is CC(C)[C@@H](NC(=O)c1ccncc1)C(=O)NCc1ccco1. The van der Waals surface area contributed by atoms with E-state index in [9.17, 15) is 9.59 Å². The van der Waals surface area contributed by atoms with E-state index in [-0.39, 0.29) is 17.7 Å². The van der Waals surface area contributed by atoms with Crippen LogP contribution < -0.4 is 10.6 Å². The summed E-state index contributed by atoms with van der Waals surface area (Å²) in [7, 11) is 0. The van der Waals surface area contributed by atoms with E-state index in [1.807, 2.05) is 13.8 Å². The lowest BCUT2D eigenvalue weighted by molar-refractivity contribution is -0.124. The zero-order valence-corrected chi connectivity index (χ0v) is 12.6. The molecule has 0 aliphatic rings. The number of rotatable bonds is 6. The Morgan fingerprint density at radius 3 is 2.55 bits per heavy atom. The monoisotopic (exact) mass is 301 g/mol. The maximum Gasteiger partial charge on any atom is 0.252 e. The van der Waals surface area contributed by atoms with E-state index < -0.39 is 6.04 Å².